The van der Waals surface area contributed by atoms with Gasteiger partial charge in [-0.15, -0.1) is 12.4 Å². The summed E-state index contributed by atoms with van der Waals surface area (Å²) >= 11 is 0. The van der Waals surface area contributed by atoms with Crippen LogP contribution in [-0.2, 0) is 10.0 Å². The Labute approximate surface area is 143 Å². The first kappa shape index (κ1) is 19.7. The Morgan fingerprint density at radius 2 is 1.78 bits per heavy atom. The summed E-state index contributed by atoms with van der Waals surface area (Å²) in [5.74, 6) is 0.687. The zero-order chi connectivity index (χ0) is 16.3. The monoisotopic (exact) mass is 358 g/mol. The van der Waals surface area contributed by atoms with E-state index in [9.17, 15) is 8.42 Å². The molecule has 0 fully saturated rings. The van der Waals surface area contributed by atoms with E-state index in [0.717, 1.165) is 5.39 Å². The molecule has 5 nitrogen and oxygen atoms in total. The van der Waals surface area contributed by atoms with Gasteiger partial charge >= 0.3 is 0 Å². The normalized spacial score (nSPS) is 12.9. The van der Waals surface area contributed by atoms with Crippen LogP contribution in [0.3, 0.4) is 0 Å². The number of hydrogen-bond acceptors (Lipinski definition) is 4. The van der Waals surface area contributed by atoms with Crippen molar-refractivity contribution in [2.24, 2.45) is 5.73 Å². The first-order chi connectivity index (χ1) is 10.4. The number of ether oxygens (including phenoxy) is 1. The van der Waals surface area contributed by atoms with Crippen molar-refractivity contribution in [1.29, 1.82) is 0 Å². The number of likely N-dealkylation sites (N-methyl/N-ethyl adjacent to an activating group) is 1. The van der Waals surface area contributed by atoms with E-state index in [1.165, 1.54) is 4.31 Å². The van der Waals surface area contributed by atoms with Gasteiger partial charge in [-0.2, -0.15) is 4.31 Å². The third kappa shape index (κ3) is 3.77. The van der Waals surface area contributed by atoms with Crippen LogP contribution in [0.15, 0.2) is 41.3 Å². The molecule has 0 aromatic heterocycles. The molecular weight excluding hydrogens is 336 g/mol. The van der Waals surface area contributed by atoms with Crippen LogP contribution in [0.4, 0.5) is 0 Å². The van der Waals surface area contributed by atoms with E-state index in [2.05, 4.69) is 0 Å². The van der Waals surface area contributed by atoms with E-state index in [-0.39, 0.29) is 29.9 Å². The van der Waals surface area contributed by atoms with Crippen LogP contribution >= 0.6 is 12.4 Å². The van der Waals surface area contributed by atoms with Gasteiger partial charge in [0.15, 0.2) is 0 Å². The molecule has 23 heavy (non-hydrogen) atoms. The average molecular weight is 359 g/mol. The van der Waals surface area contributed by atoms with Crippen molar-refractivity contribution in [3.05, 3.63) is 36.4 Å². The highest BCUT2D eigenvalue weighted by Gasteiger charge is 2.27. The lowest BCUT2D eigenvalue weighted by atomic mass is 10.1. The zero-order valence-electron chi connectivity index (χ0n) is 13.5. The Kier molecular flexibility index (Phi) is 6.83. The molecule has 0 radical (unpaired) electrons. The Balaban J connectivity index is 0.00000264. The molecular formula is C16H23ClN2O3S. The van der Waals surface area contributed by atoms with E-state index in [1.807, 2.05) is 25.1 Å². The van der Waals surface area contributed by atoms with Gasteiger partial charge in [0, 0.05) is 30.4 Å². The molecule has 0 spiro atoms. The third-order valence-electron chi connectivity index (χ3n) is 3.76. The summed E-state index contributed by atoms with van der Waals surface area (Å²) < 4.78 is 32.6. The van der Waals surface area contributed by atoms with Gasteiger partial charge in [0.25, 0.3) is 0 Å². The molecule has 0 heterocycles. The number of nitrogens with zero attached hydrogens (tertiary/aromatic N) is 1. The average Bonchev–Trinajstić information content (AvgIpc) is 2.53. The summed E-state index contributed by atoms with van der Waals surface area (Å²) in [6, 6.07) is 10.4. The molecule has 0 saturated carbocycles. The maximum absolute atomic E-state index is 12.8. The molecule has 2 rings (SSSR count). The molecule has 2 aromatic carbocycles. The topological polar surface area (TPSA) is 72.6 Å². The van der Waals surface area contributed by atoms with Crippen LogP contribution in [0.25, 0.3) is 10.8 Å². The molecule has 0 aliphatic heterocycles. The minimum absolute atomic E-state index is 0. The molecule has 0 aliphatic carbocycles. The lowest BCUT2D eigenvalue weighted by Crippen LogP contribution is -2.39. The second-order valence-corrected chi connectivity index (χ2v) is 7.11. The Morgan fingerprint density at radius 1 is 1.17 bits per heavy atom. The smallest absolute Gasteiger partial charge is 0.243 e. The van der Waals surface area contributed by atoms with Crippen molar-refractivity contribution >= 4 is 33.2 Å². The molecule has 128 valence electrons. The lowest BCUT2D eigenvalue weighted by Gasteiger charge is -2.24. The van der Waals surface area contributed by atoms with Crippen molar-refractivity contribution < 1.29 is 13.2 Å². The summed E-state index contributed by atoms with van der Waals surface area (Å²) in [7, 11) is -2.06. The third-order valence-corrected chi connectivity index (χ3v) is 5.79. The van der Waals surface area contributed by atoms with E-state index in [1.54, 1.807) is 32.2 Å². The van der Waals surface area contributed by atoms with Crippen molar-refractivity contribution in [3.63, 3.8) is 0 Å². The van der Waals surface area contributed by atoms with E-state index in [0.29, 0.717) is 17.7 Å². The van der Waals surface area contributed by atoms with Crippen LogP contribution in [0.1, 0.15) is 13.8 Å². The molecule has 1 atom stereocenters. The fourth-order valence-corrected chi connectivity index (χ4v) is 3.86. The lowest BCUT2D eigenvalue weighted by molar-refractivity contribution is 0.344. The van der Waals surface area contributed by atoms with Crippen LogP contribution in [0.5, 0.6) is 5.75 Å². The van der Waals surface area contributed by atoms with Gasteiger partial charge in [0.1, 0.15) is 5.75 Å². The zero-order valence-corrected chi connectivity index (χ0v) is 15.2. The number of rotatable bonds is 6. The van der Waals surface area contributed by atoms with Gasteiger partial charge in [-0.25, -0.2) is 8.42 Å². The standard InChI is InChI=1S/C16H22N2O3S.ClH/c1-4-21-15-9-10-16(14-8-6-5-7-13(14)15)22(19,20)18(3)12(2)11-17;/h5-10,12H,4,11,17H2,1-3H3;1H. The molecule has 0 saturated heterocycles. The fraction of sp³-hybridized carbons (Fsp3) is 0.375. The van der Waals surface area contributed by atoms with Gasteiger partial charge < -0.3 is 10.5 Å². The number of halogens is 1. The van der Waals surface area contributed by atoms with E-state index < -0.39 is 10.0 Å². The van der Waals surface area contributed by atoms with Gasteiger partial charge in [-0.05, 0) is 26.0 Å². The Hall–Kier alpha value is -1.34. The molecule has 0 bridgehead atoms. The molecule has 0 amide bonds. The predicted octanol–water partition coefficient (Wildman–Crippen LogP) is 2.63. The number of fused-ring (bicyclic) bond motifs is 1. The fourth-order valence-electron chi connectivity index (χ4n) is 2.29. The van der Waals surface area contributed by atoms with E-state index in [4.69, 9.17) is 10.5 Å². The molecule has 2 N–H and O–H groups in total. The Morgan fingerprint density at radius 3 is 2.35 bits per heavy atom. The maximum atomic E-state index is 12.8. The van der Waals surface area contributed by atoms with Gasteiger partial charge in [0.2, 0.25) is 10.0 Å². The van der Waals surface area contributed by atoms with E-state index >= 15 is 0 Å². The van der Waals surface area contributed by atoms with Crippen molar-refractivity contribution in [3.8, 4) is 5.75 Å². The van der Waals surface area contributed by atoms with Crippen LogP contribution in [0, 0.1) is 0 Å². The SMILES string of the molecule is CCOc1ccc(S(=O)(=O)N(C)C(C)CN)c2ccccc12.Cl. The number of hydrogen-bond donors (Lipinski definition) is 1. The summed E-state index contributed by atoms with van der Waals surface area (Å²) in [4.78, 5) is 0.273. The quantitative estimate of drug-likeness (QED) is 0.861. The van der Waals surface area contributed by atoms with Gasteiger partial charge in [-0.1, -0.05) is 24.3 Å². The first-order valence-corrected chi connectivity index (χ1v) is 8.70. The largest absolute Gasteiger partial charge is 0.493 e. The van der Waals surface area contributed by atoms with Crippen molar-refractivity contribution in [2.45, 2.75) is 24.8 Å². The highest BCUT2D eigenvalue weighted by atomic mass is 35.5. The highest BCUT2D eigenvalue weighted by molar-refractivity contribution is 7.89. The maximum Gasteiger partial charge on any atom is 0.243 e. The number of benzene rings is 2. The van der Waals surface area contributed by atoms with Crippen molar-refractivity contribution in [2.75, 3.05) is 20.2 Å². The minimum atomic E-state index is -3.61. The first-order valence-electron chi connectivity index (χ1n) is 7.26. The highest BCUT2D eigenvalue weighted by Crippen LogP contribution is 2.32. The van der Waals surface area contributed by atoms with Crippen LogP contribution in [-0.4, -0.2) is 39.0 Å². The molecule has 1 unspecified atom stereocenters. The van der Waals surface area contributed by atoms with Crippen molar-refractivity contribution in [1.82, 2.24) is 4.31 Å². The summed E-state index contributed by atoms with van der Waals surface area (Å²) in [6.45, 7) is 4.48. The molecule has 0 aliphatic rings. The second kappa shape index (κ2) is 7.97. The number of nitrogens with two attached hydrogens (primary N) is 1. The van der Waals surface area contributed by atoms with Crippen LogP contribution < -0.4 is 10.5 Å². The minimum Gasteiger partial charge on any atom is -0.493 e. The molecule has 2 aromatic rings. The predicted molar refractivity (Wildman–Crippen MR) is 95.8 cm³/mol. The summed E-state index contributed by atoms with van der Waals surface area (Å²) in [5, 5.41) is 1.45. The summed E-state index contributed by atoms with van der Waals surface area (Å²) in [5.41, 5.74) is 5.60. The van der Waals surface area contributed by atoms with Gasteiger partial charge in [-0.3, -0.25) is 0 Å². The summed E-state index contributed by atoms with van der Waals surface area (Å²) in [6.07, 6.45) is 0. The van der Waals surface area contributed by atoms with Crippen LogP contribution in [0.2, 0.25) is 0 Å². The molecule has 7 heteroatoms. The second-order valence-electron chi connectivity index (χ2n) is 5.15. The number of sulfonamides is 1. The van der Waals surface area contributed by atoms with Gasteiger partial charge in [0.05, 0.1) is 11.5 Å². The Bertz CT molecular complexity index is 765.